The summed E-state index contributed by atoms with van der Waals surface area (Å²) >= 11 is 6.10. The van der Waals surface area contributed by atoms with Crippen molar-refractivity contribution >= 4 is 17.5 Å². The molecule has 7 heteroatoms. The molecule has 2 N–H and O–H groups in total. The van der Waals surface area contributed by atoms with Gasteiger partial charge in [0.05, 0.1) is 23.1 Å². The van der Waals surface area contributed by atoms with Gasteiger partial charge in [-0.1, -0.05) is 43.6 Å². The second-order valence-corrected chi connectivity index (χ2v) is 7.92. The number of carbonyl (C=O) groups excluding carboxylic acids is 1. The largest absolute Gasteiger partial charge is 0.491 e. The fourth-order valence-electron chi connectivity index (χ4n) is 3.16. The molecule has 2 aromatic carbocycles. The van der Waals surface area contributed by atoms with E-state index >= 15 is 0 Å². The minimum atomic E-state index is -0.833. The number of aromatic nitrogens is 2. The van der Waals surface area contributed by atoms with Crippen molar-refractivity contribution in [2.75, 3.05) is 13.2 Å². The van der Waals surface area contributed by atoms with Gasteiger partial charge in [0, 0.05) is 11.6 Å². The Balaban J connectivity index is 1.65. The molecule has 158 valence electrons. The number of hydrogen-bond acceptors (Lipinski definition) is 4. The molecule has 3 rings (SSSR count). The number of ether oxygens (including phenoxy) is 1. The topological polar surface area (TPSA) is 76.4 Å². The van der Waals surface area contributed by atoms with E-state index in [0.717, 1.165) is 16.9 Å². The molecule has 30 heavy (non-hydrogen) atoms. The number of hydrogen-bond donors (Lipinski definition) is 2. The van der Waals surface area contributed by atoms with Gasteiger partial charge in [0.2, 0.25) is 0 Å². The van der Waals surface area contributed by atoms with Gasteiger partial charge in [-0.2, -0.15) is 5.10 Å². The molecule has 1 heterocycles. The number of halogens is 1. The number of aliphatic hydroxyl groups is 1. The number of benzene rings is 2. The first-order valence-electron chi connectivity index (χ1n) is 9.84. The van der Waals surface area contributed by atoms with Crippen molar-refractivity contribution in [3.8, 4) is 11.4 Å². The lowest BCUT2D eigenvalue weighted by atomic mass is 10.0. The Bertz CT molecular complexity index is 1020. The summed E-state index contributed by atoms with van der Waals surface area (Å²) in [5.74, 6) is 0.452. The third kappa shape index (κ3) is 5.40. The lowest BCUT2D eigenvalue weighted by molar-refractivity contribution is 0.0842. The van der Waals surface area contributed by atoms with E-state index in [1.165, 1.54) is 0 Å². The van der Waals surface area contributed by atoms with Crippen molar-refractivity contribution in [1.29, 1.82) is 0 Å². The summed E-state index contributed by atoms with van der Waals surface area (Å²) in [7, 11) is 0. The van der Waals surface area contributed by atoms with E-state index in [9.17, 15) is 9.90 Å². The molecule has 0 fully saturated rings. The van der Waals surface area contributed by atoms with Crippen LogP contribution in [0.1, 0.15) is 41.4 Å². The maximum absolute atomic E-state index is 12.8. The Hall–Kier alpha value is -2.83. The number of rotatable bonds is 8. The van der Waals surface area contributed by atoms with Gasteiger partial charge in [0.25, 0.3) is 5.91 Å². The van der Waals surface area contributed by atoms with Crippen LogP contribution in [0.25, 0.3) is 5.69 Å². The average Bonchev–Trinajstić information content (AvgIpc) is 3.16. The fourth-order valence-corrected chi connectivity index (χ4v) is 3.35. The zero-order valence-corrected chi connectivity index (χ0v) is 18.1. The molecule has 0 radical (unpaired) electrons. The van der Waals surface area contributed by atoms with Gasteiger partial charge < -0.3 is 15.2 Å². The van der Waals surface area contributed by atoms with E-state index in [1.54, 1.807) is 23.0 Å². The predicted octanol–water partition coefficient (Wildman–Crippen LogP) is 4.13. The minimum absolute atomic E-state index is 0.0572. The first-order valence-corrected chi connectivity index (χ1v) is 10.2. The van der Waals surface area contributed by atoms with E-state index in [0.29, 0.717) is 16.3 Å². The van der Waals surface area contributed by atoms with E-state index in [4.69, 9.17) is 16.3 Å². The summed E-state index contributed by atoms with van der Waals surface area (Å²) in [6, 6.07) is 14.9. The van der Waals surface area contributed by atoms with Gasteiger partial charge in [-0.05, 0) is 48.7 Å². The molecule has 1 unspecified atom stereocenters. The Labute approximate surface area is 181 Å². The van der Waals surface area contributed by atoms with Crippen LogP contribution in [0.2, 0.25) is 5.02 Å². The molecule has 6 nitrogen and oxygen atoms in total. The molecular weight excluding hydrogens is 402 g/mol. The van der Waals surface area contributed by atoms with E-state index in [-0.39, 0.29) is 25.0 Å². The lowest BCUT2D eigenvalue weighted by Gasteiger charge is -2.15. The first-order chi connectivity index (χ1) is 14.3. The lowest BCUT2D eigenvalue weighted by Crippen LogP contribution is -2.35. The van der Waals surface area contributed by atoms with E-state index in [2.05, 4.69) is 10.4 Å². The van der Waals surface area contributed by atoms with Crippen LogP contribution in [0.15, 0.2) is 54.7 Å². The summed E-state index contributed by atoms with van der Waals surface area (Å²) in [6.45, 7) is 6.13. The second-order valence-electron chi connectivity index (χ2n) is 7.48. The van der Waals surface area contributed by atoms with Crippen LogP contribution in [0, 0.1) is 6.92 Å². The zero-order valence-electron chi connectivity index (χ0n) is 17.3. The third-order valence-corrected chi connectivity index (χ3v) is 4.82. The van der Waals surface area contributed by atoms with Gasteiger partial charge in [0.15, 0.2) is 0 Å². The van der Waals surface area contributed by atoms with Crippen molar-refractivity contribution in [2.24, 2.45) is 0 Å². The molecule has 0 saturated heterocycles. The molecule has 0 aliphatic heterocycles. The van der Waals surface area contributed by atoms with Crippen molar-refractivity contribution in [2.45, 2.75) is 32.8 Å². The summed E-state index contributed by atoms with van der Waals surface area (Å²) < 4.78 is 7.32. The smallest absolute Gasteiger partial charge is 0.254 e. The summed E-state index contributed by atoms with van der Waals surface area (Å²) in [6.07, 6.45) is 0.709. The molecule has 1 atom stereocenters. The molecule has 0 aliphatic rings. The second kappa shape index (κ2) is 9.78. The van der Waals surface area contributed by atoms with E-state index < -0.39 is 6.10 Å². The van der Waals surface area contributed by atoms with Crippen molar-refractivity contribution in [3.63, 3.8) is 0 Å². The number of aryl methyl sites for hydroxylation is 1. The molecule has 0 spiro atoms. The summed E-state index contributed by atoms with van der Waals surface area (Å²) in [5.41, 5.74) is 3.11. The first kappa shape index (κ1) is 21.9. The SMILES string of the molecule is Cc1cccc(OCC(O)CNC(=O)c2cnn(-c3cccc(Cl)c3)c2C(C)C)c1. The van der Waals surface area contributed by atoms with Crippen LogP contribution in [-0.4, -0.2) is 40.0 Å². The van der Waals surface area contributed by atoms with Crippen molar-refractivity contribution in [1.82, 2.24) is 15.1 Å². The van der Waals surface area contributed by atoms with Crippen LogP contribution in [-0.2, 0) is 0 Å². The number of nitrogens with one attached hydrogen (secondary N) is 1. The van der Waals surface area contributed by atoms with E-state index in [1.807, 2.05) is 57.2 Å². The highest BCUT2D eigenvalue weighted by Crippen LogP contribution is 2.24. The van der Waals surface area contributed by atoms with Crippen LogP contribution < -0.4 is 10.1 Å². The monoisotopic (exact) mass is 427 g/mol. The molecule has 0 aliphatic carbocycles. The Morgan fingerprint density at radius 3 is 2.70 bits per heavy atom. The molecule has 3 aromatic rings. The summed E-state index contributed by atoms with van der Waals surface area (Å²) in [4.78, 5) is 12.8. The van der Waals surface area contributed by atoms with Gasteiger partial charge in [-0.3, -0.25) is 4.79 Å². The zero-order chi connectivity index (χ0) is 21.7. The highest BCUT2D eigenvalue weighted by atomic mass is 35.5. The Morgan fingerprint density at radius 2 is 2.00 bits per heavy atom. The van der Waals surface area contributed by atoms with Gasteiger partial charge >= 0.3 is 0 Å². The number of amides is 1. The van der Waals surface area contributed by atoms with Crippen molar-refractivity contribution < 1.29 is 14.6 Å². The minimum Gasteiger partial charge on any atom is -0.491 e. The maximum Gasteiger partial charge on any atom is 0.254 e. The Morgan fingerprint density at radius 1 is 1.23 bits per heavy atom. The fraction of sp³-hybridized carbons (Fsp3) is 0.304. The van der Waals surface area contributed by atoms with Crippen LogP contribution in [0.5, 0.6) is 5.75 Å². The Kier molecular flexibility index (Phi) is 7.13. The van der Waals surface area contributed by atoms with Crippen molar-refractivity contribution in [3.05, 3.63) is 76.6 Å². The van der Waals surface area contributed by atoms with Crippen LogP contribution in [0.4, 0.5) is 0 Å². The predicted molar refractivity (Wildman–Crippen MR) is 118 cm³/mol. The summed E-state index contributed by atoms with van der Waals surface area (Å²) in [5, 5.41) is 18.0. The van der Waals surface area contributed by atoms with Crippen LogP contribution >= 0.6 is 11.6 Å². The highest BCUT2D eigenvalue weighted by molar-refractivity contribution is 6.30. The normalized spacial score (nSPS) is 12.1. The molecule has 1 aromatic heterocycles. The quantitative estimate of drug-likeness (QED) is 0.566. The molecule has 0 bridgehead atoms. The average molecular weight is 428 g/mol. The maximum atomic E-state index is 12.8. The van der Waals surface area contributed by atoms with Crippen LogP contribution in [0.3, 0.4) is 0 Å². The molecule has 1 amide bonds. The third-order valence-electron chi connectivity index (χ3n) is 4.58. The molecular formula is C23H26ClN3O3. The highest BCUT2D eigenvalue weighted by Gasteiger charge is 2.21. The number of nitrogens with zero attached hydrogens (tertiary/aromatic N) is 2. The standard InChI is InChI=1S/C23H26ClN3O3/c1-15(2)22-21(13-26-27(22)18-8-5-7-17(24)11-18)23(29)25-12-19(28)14-30-20-9-4-6-16(3)10-20/h4-11,13,15,19,28H,12,14H2,1-3H3,(H,25,29). The number of carbonyl (C=O) groups is 1. The van der Waals surface area contributed by atoms with Gasteiger partial charge in [-0.15, -0.1) is 0 Å². The van der Waals surface area contributed by atoms with Gasteiger partial charge in [-0.25, -0.2) is 4.68 Å². The molecule has 0 saturated carbocycles. The van der Waals surface area contributed by atoms with Gasteiger partial charge in [0.1, 0.15) is 18.5 Å². The number of aliphatic hydroxyl groups excluding tert-OH is 1.